The lowest BCUT2D eigenvalue weighted by molar-refractivity contribution is -0.154. The number of carboxylic acids is 1. The lowest BCUT2D eigenvalue weighted by atomic mass is 10.1. The molecule has 0 amide bonds. The van der Waals surface area contributed by atoms with Gasteiger partial charge in [-0.3, -0.25) is 18.6 Å². The Morgan fingerprint density at radius 1 is 0.585 bits per heavy atom. The van der Waals surface area contributed by atoms with Crippen molar-refractivity contribution in [2.24, 2.45) is 5.73 Å². The molecular weight excluding hydrogens is 693 g/mol. The number of esters is 1. The summed E-state index contributed by atoms with van der Waals surface area (Å²) in [5, 5.41) is 8.88. The van der Waals surface area contributed by atoms with Crippen molar-refractivity contribution in [3.63, 3.8) is 0 Å². The predicted molar refractivity (Wildman–Crippen MR) is 217 cm³/mol. The Morgan fingerprint density at radius 3 is 1.43 bits per heavy atom. The summed E-state index contributed by atoms with van der Waals surface area (Å²) in [6.07, 6.45) is 39.8. The van der Waals surface area contributed by atoms with E-state index in [1.54, 1.807) is 0 Å². The molecule has 11 heteroatoms. The molecule has 0 rings (SSSR count). The van der Waals surface area contributed by atoms with Gasteiger partial charge in [-0.05, 0) is 38.5 Å². The van der Waals surface area contributed by atoms with Gasteiger partial charge in [-0.25, -0.2) is 4.57 Å². The Hall–Kier alpha value is -1.29. The highest BCUT2D eigenvalue weighted by Gasteiger charge is 2.27. The lowest BCUT2D eigenvalue weighted by Crippen LogP contribution is -2.34. The van der Waals surface area contributed by atoms with E-state index in [0.717, 1.165) is 38.5 Å². The summed E-state index contributed by atoms with van der Waals surface area (Å²) in [6, 6.07) is -1.47. The summed E-state index contributed by atoms with van der Waals surface area (Å²) >= 11 is 0. The molecule has 314 valence electrons. The van der Waals surface area contributed by atoms with Crippen LogP contribution < -0.4 is 5.73 Å². The number of allylic oxidation sites excluding steroid dienone is 2. The molecule has 0 aliphatic heterocycles. The van der Waals surface area contributed by atoms with Gasteiger partial charge in [0.15, 0.2) is 0 Å². The maximum atomic E-state index is 12.6. The highest BCUT2D eigenvalue weighted by Crippen LogP contribution is 2.43. The summed E-state index contributed by atoms with van der Waals surface area (Å²) in [6.45, 7) is 3.89. The van der Waals surface area contributed by atoms with Gasteiger partial charge in [-0.15, -0.1) is 0 Å². The smallest absolute Gasteiger partial charge is 0.472 e. The Morgan fingerprint density at radius 2 is 0.981 bits per heavy atom. The zero-order chi connectivity index (χ0) is 39.1. The maximum Gasteiger partial charge on any atom is 0.472 e. The third-order valence-electron chi connectivity index (χ3n) is 9.54. The van der Waals surface area contributed by atoms with Gasteiger partial charge >= 0.3 is 19.8 Å². The van der Waals surface area contributed by atoms with Crippen molar-refractivity contribution in [3.8, 4) is 0 Å². The van der Waals surface area contributed by atoms with Crippen molar-refractivity contribution in [2.75, 3.05) is 26.4 Å². The van der Waals surface area contributed by atoms with Crippen LogP contribution in [0.5, 0.6) is 0 Å². The summed E-state index contributed by atoms with van der Waals surface area (Å²) < 4.78 is 33.3. The van der Waals surface area contributed by atoms with E-state index < -0.39 is 45.1 Å². The number of phosphoric ester groups is 1. The van der Waals surface area contributed by atoms with Gasteiger partial charge in [0.2, 0.25) is 0 Å². The molecule has 0 aromatic rings. The first-order valence-corrected chi connectivity index (χ1v) is 23.2. The van der Waals surface area contributed by atoms with E-state index in [1.807, 2.05) is 0 Å². The zero-order valence-corrected chi connectivity index (χ0v) is 35.0. The highest BCUT2D eigenvalue weighted by atomic mass is 31.2. The van der Waals surface area contributed by atoms with Crippen LogP contribution in [0.25, 0.3) is 0 Å². The van der Waals surface area contributed by atoms with E-state index >= 15 is 0 Å². The molecule has 0 bridgehead atoms. The fourth-order valence-electron chi connectivity index (χ4n) is 6.13. The minimum absolute atomic E-state index is 0.0214. The van der Waals surface area contributed by atoms with Crippen LogP contribution in [0, 0.1) is 0 Å². The van der Waals surface area contributed by atoms with Gasteiger partial charge in [0.1, 0.15) is 12.1 Å². The first-order valence-electron chi connectivity index (χ1n) is 21.7. The molecule has 0 spiro atoms. The second-order valence-corrected chi connectivity index (χ2v) is 16.3. The van der Waals surface area contributed by atoms with E-state index in [1.165, 1.54) is 148 Å². The van der Waals surface area contributed by atoms with E-state index in [2.05, 4.69) is 26.0 Å². The molecule has 53 heavy (non-hydrogen) atoms. The van der Waals surface area contributed by atoms with Gasteiger partial charge in [-0.2, -0.15) is 0 Å². The molecule has 0 saturated heterocycles. The van der Waals surface area contributed by atoms with Crippen LogP contribution in [-0.2, 0) is 32.7 Å². The number of nitrogens with two attached hydrogens (primary N) is 1. The van der Waals surface area contributed by atoms with Crippen molar-refractivity contribution >= 4 is 19.8 Å². The maximum absolute atomic E-state index is 12.6. The van der Waals surface area contributed by atoms with E-state index in [0.29, 0.717) is 6.61 Å². The summed E-state index contributed by atoms with van der Waals surface area (Å²) in [4.78, 5) is 33.4. The third-order valence-corrected chi connectivity index (χ3v) is 10.5. The van der Waals surface area contributed by atoms with E-state index in [9.17, 15) is 19.0 Å². The highest BCUT2D eigenvalue weighted by molar-refractivity contribution is 7.47. The SMILES string of the molecule is CCCCCCCC/C=C\CCCCCCCCCCCCOCC(COP(=O)(O)OCC(N)C(=O)O)OC(=O)CCCCCCCCCCCCC. The first-order chi connectivity index (χ1) is 25.7. The second-order valence-electron chi connectivity index (χ2n) is 14.8. The van der Waals surface area contributed by atoms with Crippen LogP contribution >= 0.6 is 7.82 Å². The van der Waals surface area contributed by atoms with Crippen LogP contribution in [0.1, 0.15) is 206 Å². The Balaban J connectivity index is 4.14. The minimum atomic E-state index is -4.61. The standard InChI is InChI=1S/C42H82NO9P/c1-3-5-7-9-11-13-15-16-17-18-19-20-21-22-23-25-27-29-31-33-35-49-36-39(37-50-53(47,48)51-38-40(43)42(45)46)52-41(44)34-32-30-28-26-24-14-12-10-8-6-4-2/h16-17,39-40H,3-15,18-38,43H2,1-2H3,(H,45,46)(H,47,48)/b17-16-. The third kappa shape index (κ3) is 38.8. The average molecular weight is 776 g/mol. The number of carbonyl (C=O) groups is 2. The number of ether oxygens (including phenoxy) is 2. The minimum Gasteiger partial charge on any atom is -0.480 e. The van der Waals surface area contributed by atoms with Crippen LogP contribution in [0.2, 0.25) is 0 Å². The zero-order valence-electron chi connectivity index (χ0n) is 34.1. The van der Waals surface area contributed by atoms with Crippen molar-refractivity contribution < 1.29 is 42.7 Å². The molecule has 3 unspecified atom stereocenters. The van der Waals surface area contributed by atoms with Crippen LogP contribution in [0.3, 0.4) is 0 Å². The van der Waals surface area contributed by atoms with E-state index in [-0.39, 0.29) is 13.0 Å². The Bertz CT molecular complexity index is 904. The normalized spacial score (nSPS) is 14.0. The number of aliphatic carboxylic acids is 1. The molecule has 0 aliphatic carbocycles. The lowest BCUT2D eigenvalue weighted by Gasteiger charge is -2.20. The molecule has 3 atom stereocenters. The van der Waals surface area contributed by atoms with Crippen LogP contribution in [0.15, 0.2) is 12.2 Å². The van der Waals surface area contributed by atoms with Gasteiger partial charge in [-0.1, -0.05) is 174 Å². The molecule has 0 aromatic heterocycles. The fourth-order valence-corrected chi connectivity index (χ4v) is 6.91. The van der Waals surface area contributed by atoms with Crippen LogP contribution in [0.4, 0.5) is 0 Å². The second kappa shape index (κ2) is 39.0. The number of rotatable bonds is 42. The Labute approximate surface area is 324 Å². The molecule has 4 N–H and O–H groups in total. The molecule has 10 nitrogen and oxygen atoms in total. The predicted octanol–water partition coefficient (Wildman–Crippen LogP) is 11.8. The molecule has 0 fully saturated rings. The average Bonchev–Trinajstić information content (AvgIpc) is 3.13. The molecule has 0 heterocycles. The largest absolute Gasteiger partial charge is 0.480 e. The van der Waals surface area contributed by atoms with Gasteiger partial charge in [0.05, 0.1) is 19.8 Å². The van der Waals surface area contributed by atoms with Gasteiger partial charge in [0.25, 0.3) is 0 Å². The molecule has 0 aliphatic rings. The summed E-state index contributed by atoms with van der Waals surface area (Å²) in [5.74, 6) is -1.77. The molecule has 0 radical (unpaired) electrons. The number of unbranched alkanes of at least 4 members (excludes halogenated alkanes) is 26. The quantitative estimate of drug-likeness (QED) is 0.0236. The van der Waals surface area contributed by atoms with Crippen LogP contribution in [-0.4, -0.2) is 60.5 Å². The van der Waals surface area contributed by atoms with Crippen molar-refractivity contribution in [1.82, 2.24) is 0 Å². The number of hydrogen-bond donors (Lipinski definition) is 3. The number of carboxylic acid groups (broad SMARTS) is 1. The number of phosphoric acid groups is 1. The fraction of sp³-hybridized carbons (Fsp3) is 0.905. The Kier molecular flexibility index (Phi) is 38.0. The van der Waals surface area contributed by atoms with Gasteiger partial charge < -0.3 is 25.2 Å². The van der Waals surface area contributed by atoms with Gasteiger partial charge in [0, 0.05) is 13.0 Å². The molecule has 0 saturated carbocycles. The molecular formula is C42H82NO9P. The molecule has 0 aromatic carbocycles. The topological polar surface area (TPSA) is 155 Å². The first kappa shape index (κ1) is 51.7. The number of hydrogen-bond acceptors (Lipinski definition) is 8. The van der Waals surface area contributed by atoms with Crippen molar-refractivity contribution in [1.29, 1.82) is 0 Å². The van der Waals surface area contributed by atoms with Crippen molar-refractivity contribution in [3.05, 3.63) is 12.2 Å². The summed E-state index contributed by atoms with van der Waals surface area (Å²) in [7, 11) is -4.61. The summed E-state index contributed by atoms with van der Waals surface area (Å²) in [5.41, 5.74) is 5.35. The number of carbonyl (C=O) groups excluding carboxylic acids is 1. The monoisotopic (exact) mass is 776 g/mol. The van der Waals surface area contributed by atoms with E-state index in [4.69, 9.17) is 29.4 Å². The van der Waals surface area contributed by atoms with Crippen molar-refractivity contribution in [2.45, 2.75) is 219 Å².